The molecule has 0 aliphatic heterocycles. The summed E-state index contributed by atoms with van der Waals surface area (Å²) in [6, 6.07) is 1.83. The standard InChI is InChI=1S/C12H20N4O2/c1-4-16(7-8-18-3)12-10(11(13)15-17)9(2)5-6-14-12/h5-6,17H,4,7-8H2,1-3H3,(H2,13,15). The Balaban J connectivity index is 3.17. The molecule has 6 nitrogen and oxygen atoms in total. The molecule has 3 N–H and O–H groups in total. The molecular formula is C12H20N4O2. The number of hydrogen-bond acceptors (Lipinski definition) is 5. The van der Waals surface area contributed by atoms with Gasteiger partial charge in [0, 0.05) is 26.4 Å². The largest absolute Gasteiger partial charge is 0.409 e. The molecule has 0 aliphatic carbocycles. The summed E-state index contributed by atoms with van der Waals surface area (Å²) in [5, 5.41) is 11.9. The van der Waals surface area contributed by atoms with Gasteiger partial charge < -0.3 is 20.6 Å². The van der Waals surface area contributed by atoms with Crippen LogP contribution in [0.4, 0.5) is 5.82 Å². The van der Waals surface area contributed by atoms with Crippen molar-refractivity contribution >= 4 is 11.7 Å². The van der Waals surface area contributed by atoms with E-state index in [4.69, 9.17) is 15.7 Å². The predicted molar refractivity (Wildman–Crippen MR) is 71.2 cm³/mol. The number of anilines is 1. The lowest BCUT2D eigenvalue weighted by Gasteiger charge is -2.24. The third kappa shape index (κ3) is 3.10. The third-order valence-corrected chi connectivity index (χ3v) is 2.75. The summed E-state index contributed by atoms with van der Waals surface area (Å²) < 4.78 is 5.07. The number of aromatic nitrogens is 1. The highest BCUT2D eigenvalue weighted by Crippen LogP contribution is 2.20. The highest BCUT2D eigenvalue weighted by molar-refractivity contribution is 6.02. The zero-order chi connectivity index (χ0) is 13.5. The maximum atomic E-state index is 8.86. The van der Waals surface area contributed by atoms with E-state index in [1.54, 1.807) is 13.3 Å². The number of hydrogen-bond donors (Lipinski definition) is 2. The van der Waals surface area contributed by atoms with Crippen LogP contribution >= 0.6 is 0 Å². The number of methoxy groups -OCH3 is 1. The molecule has 6 heteroatoms. The van der Waals surface area contributed by atoms with Crippen molar-refractivity contribution in [1.29, 1.82) is 0 Å². The molecule has 0 spiro atoms. The number of aryl methyl sites for hydroxylation is 1. The minimum atomic E-state index is 0.0754. The van der Waals surface area contributed by atoms with Crippen LogP contribution in [0.2, 0.25) is 0 Å². The minimum Gasteiger partial charge on any atom is -0.409 e. The summed E-state index contributed by atoms with van der Waals surface area (Å²) in [6.45, 7) is 6.00. The van der Waals surface area contributed by atoms with Gasteiger partial charge in [0.25, 0.3) is 0 Å². The summed E-state index contributed by atoms with van der Waals surface area (Å²) in [5.74, 6) is 0.788. The van der Waals surface area contributed by atoms with Crippen molar-refractivity contribution in [2.45, 2.75) is 13.8 Å². The third-order valence-electron chi connectivity index (χ3n) is 2.75. The van der Waals surface area contributed by atoms with Gasteiger partial charge in [0.15, 0.2) is 5.84 Å². The Kier molecular flexibility index (Phi) is 5.38. The van der Waals surface area contributed by atoms with Crippen LogP contribution in [0.1, 0.15) is 18.1 Å². The Morgan fingerprint density at radius 2 is 2.33 bits per heavy atom. The normalized spacial score (nSPS) is 11.6. The molecule has 0 saturated heterocycles. The molecule has 0 amide bonds. The number of nitrogens with two attached hydrogens (primary N) is 1. The first-order valence-corrected chi connectivity index (χ1v) is 5.83. The number of pyridine rings is 1. The summed E-state index contributed by atoms with van der Waals surface area (Å²) in [6.07, 6.45) is 1.72. The lowest BCUT2D eigenvalue weighted by Crippen LogP contribution is -2.31. The maximum absolute atomic E-state index is 8.86. The van der Waals surface area contributed by atoms with Gasteiger partial charge in [0.2, 0.25) is 0 Å². The van der Waals surface area contributed by atoms with Gasteiger partial charge >= 0.3 is 0 Å². The molecule has 0 aliphatic rings. The lowest BCUT2D eigenvalue weighted by atomic mass is 10.1. The number of nitrogens with zero attached hydrogens (tertiary/aromatic N) is 3. The van der Waals surface area contributed by atoms with Crippen molar-refractivity contribution in [3.05, 3.63) is 23.4 Å². The zero-order valence-electron chi connectivity index (χ0n) is 11.1. The van der Waals surface area contributed by atoms with E-state index >= 15 is 0 Å². The molecule has 100 valence electrons. The van der Waals surface area contributed by atoms with Crippen molar-refractivity contribution < 1.29 is 9.94 Å². The lowest BCUT2D eigenvalue weighted by molar-refractivity contribution is 0.205. The van der Waals surface area contributed by atoms with Crippen molar-refractivity contribution in [1.82, 2.24) is 4.98 Å². The van der Waals surface area contributed by atoms with Crippen molar-refractivity contribution in [2.24, 2.45) is 10.9 Å². The Labute approximate surface area is 107 Å². The average Bonchev–Trinajstić information content (AvgIpc) is 2.39. The maximum Gasteiger partial charge on any atom is 0.174 e. The van der Waals surface area contributed by atoms with E-state index in [2.05, 4.69) is 10.1 Å². The second kappa shape index (κ2) is 6.80. The van der Waals surface area contributed by atoms with Crippen LogP contribution in [0.5, 0.6) is 0 Å². The van der Waals surface area contributed by atoms with E-state index in [1.807, 2.05) is 24.8 Å². The van der Waals surface area contributed by atoms with E-state index in [1.165, 1.54) is 0 Å². The molecular weight excluding hydrogens is 232 g/mol. The highest BCUT2D eigenvalue weighted by Gasteiger charge is 2.16. The van der Waals surface area contributed by atoms with E-state index in [0.29, 0.717) is 24.5 Å². The molecule has 0 unspecified atom stereocenters. The first-order chi connectivity index (χ1) is 8.65. The first kappa shape index (κ1) is 14.2. The number of oxime groups is 1. The fourth-order valence-corrected chi connectivity index (χ4v) is 1.77. The monoisotopic (exact) mass is 252 g/mol. The topological polar surface area (TPSA) is 84.0 Å². The Hall–Kier alpha value is -1.82. The van der Waals surface area contributed by atoms with Crippen molar-refractivity contribution in [2.75, 3.05) is 31.7 Å². The molecule has 0 atom stereocenters. The van der Waals surface area contributed by atoms with Gasteiger partial charge in [-0.15, -0.1) is 0 Å². The van der Waals surface area contributed by atoms with Gasteiger partial charge in [-0.1, -0.05) is 5.16 Å². The van der Waals surface area contributed by atoms with Gasteiger partial charge in [-0.2, -0.15) is 0 Å². The van der Waals surface area contributed by atoms with Crippen molar-refractivity contribution in [3.63, 3.8) is 0 Å². The molecule has 0 bridgehead atoms. The number of amidine groups is 1. The molecule has 0 fully saturated rings. The van der Waals surface area contributed by atoms with E-state index in [0.717, 1.165) is 12.1 Å². The first-order valence-electron chi connectivity index (χ1n) is 5.83. The van der Waals surface area contributed by atoms with Crippen LogP contribution in [0, 0.1) is 6.92 Å². The van der Waals surface area contributed by atoms with E-state index in [-0.39, 0.29) is 5.84 Å². The SMILES string of the molecule is CCN(CCOC)c1nccc(C)c1/C(N)=N/O. The predicted octanol–water partition coefficient (Wildman–Crippen LogP) is 0.957. The molecule has 1 aromatic heterocycles. The Bertz CT molecular complexity index is 421. The Morgan fingerprint density at radius 1 is 1.61 bits per heavy atom. The fraction of sp³-hybridized carbons (Fsp3) is 0.500. The number of likely N-dealkylation sites (N-methyl/N-ethyl adjacent to an activating group) is 1. The van der Waals surface area contributed by atoms with Crippen LogP contribution in [-0.2, 0) is 4.74 Å². The van der Waals surface area contributed by atoms with Gasteiger partial charge in [-0.05, 0) is 25.5 Å². The summed E-state index contributed by atoms with van der Waals surface area (Å²) in [7, 11) is 1.65. The number of rotatable bonds is 6. The van der Waals surface area contributed by atoms with Crippen molar-refractivity contribution in [3.8, 4) is 0 Å². The molecule has 1 aromatic rings. The Morgan fingerprint density at radius 3 is 2.89 bits per heavy atom. The van der Waals surface area contributed by atoms with Crippen LogP contribution in [-0.4, -0.2) is 42.8 Å². The summed E-state index contributed by atoms with van der Waals surface area (Å²) in [5.41, 5.74) is 7.31. The molecule has 0 saturated carbocycles. The summed E-state index contributed by atoms with van der Waals surface area (Å²) in [4.78, 5) is 6.36. The van der Waals surface area contributed by atoms with E-state index < -0.39 is 0 Å². The quantitative estimate of drug-likeness (QED) is 0.341. The van der Waals surface area contributed by atoms with Gasteiger partial charge in [-0.25, -0.2) is 4.98 Å². The average molecular weight is 252 g/mol. The summed E-state index contributed by atoms with van der Waals surface area (Å²) >= 11 is 0. The van der Waals surface area contributed by atoms with Gasteiger partial charge in [-0.3, -0.25) is 0 Å². The van der Waals surface area contributed by atoms with Crippen LogP contribution in [0.25, 0.3) is 0 Å². The second-order valence-corrected chi connectivity index (χ2v) is 3.88. The van der Waals surface area contributed by atoms with Gasteiger partial charge in [0.05, 0.1) is 12.2 Å². The molecule has 1 heterocycles. The van der Waals surface area contributed by atoms with Crippen LogP contribution < -0.4 is 10.6 Å². The second-order valence-electron chi connectivity index (χ2n) is 3.88. The van der Waals surface area contributed by atoms with Crippen LogP contribution in [0.3, 0.4) is 0 Å². The highest BCUT2D eigenvalue weighted by atomic mass is 16.5. The molecule has 1 rings (SSSR count). The molecule has 0 radical (unpaired) electrons. The minimum absolute atomic E-state index is 0.0754. The van der Waals surface area contributed by atoms with E-state index in [9.17, 15) is 0 Å². The zero-order valence-corrected chi connectivity index (χ0v) is 11.1. The van der Waals surface area contributed by atoms with Gasteiger partial charge in [0.1, 0.15) is 5.82 Å². The molecule has 18 heavy (non-hydrogen) atoms. The molecule has 0 aromatic carbocycles. The van der Waals surface area contributed by atoms with Crippen LogP contribution in [0.15, 0.2) is 17.4 Å². The fourth-order valence-electron chi connectivity index (χ4n) is 1.77. The number of ether oxygens (including phenoxy) is 1. The smallest absolute Gasteiger partial charge is 0.174 e.